The fourth-order valence-electron chi connectivity index (χ4n) is 3.65. The van der Waals surface area contributed by atoms with E-state index in [1.54, 1.807) is 6.92 Å². The van der Waals surface area contributed by atoms with E-state index in [9.17, 15) is 9.59 Å². The summed E-state index contributed by atoms with van der Waals surface area (Å²) in [6.45, 7) is 9.06. The number of hydrogen-bond acceptors (Lipinski definition) is 4. The van der Waals surface area contributed by atoms with Crippen LogP contribution in [0.15, 0.2) is 0 Å². The normalized spacial score (nSPS) is 17.1. The molecule has 2 heterocycles. The van der Waals surface area contributed by atoms with Crippen molar-refractivity contribution in [2.75, 3.05) is 25.1 Å². The summed E-state index contributed by atoms with van der Waals surface area (Å²) in [6, 6.07) is -0.0341. The predicted molar refractivity (Wildman–Crippen MR) is 98.7 cm³/mol. The quantitative estimate of drug-likeness (QED) is 0.738. The molecule has 1 amide bonds. The van der Waals surface area contributed by atoms with Gasteiger partial charge in [-0.2, -0.15) is 16.9 Å². The molecule has 0 radical (unpaired) electrons. The Morgan fingerprint density at radius 3 is 2.42 bits per heavy atom. The first-order valence-corrected chi connectivity index (χ1v) is 10.1. The van der Waals surface area contributed by atoms with E-state index < -0.39 is 0 Å². The lowest BCUT2D eigenvalue weighted by atomic mass is 9.98. The fourth-order valence-corrected chi connectivity index (χ4v) is 4.46. The molecule has 0 aromatic carbocycles. The number of Topliss-reactive ketones (excluding diaryl/α,β-unsaturated/α-hetero) is 1. The average Bonchev–Trinajstić information content (AvgIpc) is 2.83. The number of ketones is 1. The van der Waals surface area contributed by atoms with Gasteiger partial charge in [-0.3, -0.25) is 14.3 Å². The van der Waals surface area contributed by atoms with Crippen molar-refractivity contribution < 1.29 is 9.59 Å². The van der Waals surface area contributed by atoms with E-state index >= 15 is 0 Å². The minimum atomic E-state index is -0.0341. The Kier molecular flexibility index (Phi) is 6.49. The zero-order valence-corrected chi connectivity index (χ0v) is 16.3. The Morgan fingerprint density at radius 1 is 1.29 bits per heavy atom. The smallest absolute Gasteiger partial charge is 0.224 e. The molecule has 0 bridgehead atoms. The maximum atomic E-state index is 12.6. The third-order valence-corrected chi connectivity index (χ3v) is 5.74. The van der Waals surface area contributed by atoms with Gasteiger partial charge in [-0.1, -0.05) is 0 Å². The van der Waals surface area contributed by atoms with E-state index in [-0.39, 0.29) is 17.7 Å². The molecule has 1 aliphatic rings. The molecule has 1 aliphatic heterocycles. The second-order valence-corrected chi connectivity index (χ2v) is 7.79. The van der Waals surface area contributed by atoms with Crippen molar-refractivity contribution in [1.29, 1.82) is 0 Å². The van der Waals surface area contributed by atoms with Gasteiger partial charge in [-0.25, -0.2) is 0 Å². The van der Waals surface area contributed by atoms with E-state index in [2.05, 4.69) is 11.4 Å². The summed E-state index contributed by atoms with van der Waals surface area (Å²) >= 11 is 1.89. The first-order chi connectivity index (χ1) is 11.3. The lowest BCUT2D eigenvalue weighted by Crippen LogP contribution is -2.39. The molecule has 0 spiro atoms. The number of piperidine rings is 1. The highest BCUT2D eigenvalue weighted by molar-refractivity contribution is 7.98. The molecule has 0 N–H and O–H groups in total. The average molecular weight is 352 g/mol. The van der Waals surface area contributed by atoms with Gasteiger partial charge in [0.2, 0.25) is 5.91 Å². The summed E-state index contributed by atoms with van der Waals surface area (Å²) < 4.78 is 1.84. The van der Waals surface area contributed by atoms with Crippen molar-refractivity contribution in [2.45, 2.75) is 53.0 Å². The maximum absolute atomic E-state index is 12.6. The summed E-state index contributed by atoms with van der Waals surface area (Å²) in [5.41, 5.74) is 2.29. The van der Waals surface area contributed by atoms with Crippen molar-refractivity contribution in [3.63, 3.8) is 0 Å². The second-order valence-electron chi connectivity index (χ2n) is 6.88. The van der Waals surface area contributed by atoms with Crippen LogP contribution in [0.5, 0.6) is 0 Å². The summed E-state index contributed by atoms with van der Waals surface area (Å²) in [6.07, 6.45) is 4.79. The highest BCUT2D eigenvalue weighted by Gasteiger charge is 2.25. The Balaban J connectivity index is 1.98. The lowest BCUT2D eigenvalue weighted by Gasteiger charge is -2.32. The van der Waals surface area contributed by atoms with E-state index in [4.69, 9.17) is 0 Å². The highest BCUT2D eigenvalue weighted by atomic mass is 32.2. The third-order valence-electron chi connectivity index (χ3n) is 4.93. The van der Waals surface area contributed by atoms with E-state index in [0.717, 1.165) is 43.2 Å². The number of hydrogen-bond donors (Lipinski definition) is 0. The highest BCUT2D eigenvalue weighted by Crippen LogP contribution is 2.24. The van der Waals surface area contributed by atoms with E-state index in [1.165, 1.54) is 5.75 Å². The minimum absolute atomic E-state index is 0.0330. The molecule has 0 saturated carbocycles. The van der Waals surface area contributed by atoms with Crippen LogP contribution in [0.1, 0.15) is 60.9 Å². The largest absolute Gasteiger partial charge is 0.343 e. The van der Waals surface area contributed by atoms with Crippen LogP contribution in [0.3, 0.4) is 0 Å². The van der Waals surface area contributed by atoms with Gasteiger partial charge in [0.05, 0.1) is 17.3 Å². The molecular formula is C18H29N3O2S. The number of likely N-dealkylation sites (tertiary alicyclic amines) is 1. The summed E-state index contributed by atoms with van der Waals surface area (Å²) in [5.74, 6) is 2.17. The lowest BCUT2D eigenvalue weighted by molar-refractivity contribution is -0.133. The molecule has 2 rings (SSSR count). The van der Waals surface area contributed by atoms with E-state index in [0.29, 0.717) is 12.0 Å². The summed E-state index contributed by atoms with van der Waals surface area (Å²) in [7, 11) is 0. The van der Waals surface area contributed by atoms with Crippen LogP contribution in [0.25, 0.3) is 0 Å². The molecule has 1 aromatic rings. The Labute approximate surface area is 149 Å². The van der Waals surface area contributed by atoms with Gasteiger partial charge in [0, 0.05) is 25.2 Å². The number of amides is 1. The van der Waals surface area contributed by atoms with Crippen LogP contribution in [0.4, 0.5) is 0 Å². The molecule has 1 unspecified atom stereocenters. The summed E-state index contributed by atoms with van der Waals surface area (Å²) in [4.78, 5) is 26.3. The zero-order valence-electron chi connectivity index (χ0n) is 15.5. The van der Waals surface area contributed by atoms with Gasteiger partial charge >= 0.3 is 0 Å². The van der Waals surface area contributed by atoms with Crippen LogP contribution in [0, 0.1) is 19.8 Å². The number of rotatable bonds is 6. The second kappa shape index (κ2) is 8.19. The van der Waals surface area contributed by atoms with Gasteiger partial charge in [-0.05, 0) is 58.5 Å². The third kappa shape index (κ3) is 4.21. The monoisotopic (exact) mass is 351 g/mol. The maximum Gasteiger partial charge on any atom is 0.224 e. The van der Waals surface area contributed by atoms with Crippen molar-refractivity contribution >= 4 is 23.5 Å². The van der Waals surface area contributed by atoms with Gasteiger partial charge in [0.15, 0.2) is 5.78 Å². The molecule has 1 fully saturated rings. The first kappa shape index (κ1) is 19.0. The topological polar surface area (TPSA) is 55.2 Å². The molecule has 1 saturated heterocycles. The first-order valence-electron chi connectivity index (χ1n) is 8.68. The standard InChI is InChI=1S/C18H29N3O2S/c1-12(21-14(3)18(15(4)22)13(2)19-21)10-17(23)20-8-6-16(7-9-20)11-24-5/h12,16H,6-11H2,1-5H3. The molecule has 5 nitrogen and oxygen atoms in total. The minimum Gasteiger partial charge on any atom is -0.343 e. The predicted octanol–water partition coefficient (Wildman–Crippen LogP) is 3.26. The van der Waals surface area contributed by atoms with Gasteiger partial charge < -0.3 is 4.90 Å². The SMILES string of the molecule is CSCC1CCN(C(=O)CC(C)n2nc(C)c(C(C)=O)c2C)CC1. The molecule has 134 valence electrons. The molecule has 1 aromatic heterocycles. The van der Waals surface area contributed by atoms with Gasteiger partial charge in [-0.15, -0.1) is 0 Å². The Hall–Kier alpha value is -1.30. The van der Waals surface area contributed by atoms with Crippen LogP contribution >= 0.6 is 11.8 Å². The molecule has 0 aliphatic carbocycles. The fraction of sp³-hybridized carbons (Fsp3) is 0.722. The Morgan fingerprint density at radius 2 is 1.92 bits per heavy atom. The van der Waals surface area contributed by atoms with Crippen LogP contribution < -0.4 is 0 Å². The number of aryl methyl sites for hydroxylation is 1. The molecule has 24 heavy (non-hydrogen) atoms. The number of carbonyl (C=O) groups is 2. The number of carbonyl (C=O) groups excluding carboxylic acids is 2. The van der Waals surface area contributed by atoms with Crippen molar-refractivity contribution in [2.24, 2.45) is 5.92 Å². The van der Waals surface area contributed by atoms with E-state index in [1.807, 2.05) is 42.1 Å². The van der Waals surface area contributed by atoms with Crippen molar-refractivity contribution in [3.05, 3.63) is 17.0 Å². The van der Waals surface area contributed by atoms with Crippen molar-refractivity contribution in [3.8, 4) is 0 Å². The summed E-state index contributed by atoms with van der Waals surface area (Å²) in [5, 5.41) is 4.49. The number of aromatic nitrogens is 2. The van der Waals surface area contributed by atoms with Gasteiger partial charge in [0.1, 0.15) is 0 Å². The van der Waals surface area contributed by atoms with Crippen LogP contribution in [-0.2, 0) is 4.79 Å². The number of nitrogens with zero attached hydrogens (tertiary/aromatic N) is 3. The molecular weight excluding hydrogens is 322 g/mol. The Bertz CT molecular complexity index is 604. The molecule has 6 heteroatoms. The van der Waals surface area contributed by atoms with Crippen molar-refractivity contribution in [1.82, 2.24) is 14.7 Å². The van der Waals surface area contributed by atoms with Crippen LogP contribution in [-0.4, -0.2) is 51.5 Å². The number of thioether (sulfide) groups is 1. The zero-order chi connectivity index (χ0) is 17.9. The van der Waals surface area contributed by atoms with Gasteiger partial charge in [0.25, 0.3) is 0 Å². The molecule has 1 atom stereocenters. The van der Waals surface area contributed by atoms with Crippen LogP contribution in [0.2, 0.25) is 0 Å².